The average molecular weight is 1400 g/mol. The molecule has 0 fully saturated rings. The maximum Gasteiger partial charge on any atom is 0.408 e. The second-order valence-electron chi connectivity index (χ2n) is 22.8. The Morgan fingerprint density at radius 3 is 0.960 bits per heavy atom. The third-order valence-electron chi connectivity index (χ3n) is 14.8. The first-order valence-electron chi connectivity index (χ1n) is 33.4. The number of rotatable bonds is 40. The zero-order valence-electron chi connectivity index (χ0n) is 57.3. The highest BCUT2D eigenvalue weighted by Crippen LogP contribution is 2.18. The molecule has 6 aromatic carbocycles. The molecule has 6 aromatic rings. The SMILES string of the molecule is COC(=O)[C@@H](N)CCCCNC(=O)OCc1ccccc1.COC(=O)[C@H](CCCCNC(=O)OCc1ccccc1)NC(=O)[C@H](CCCCNC(=O)OCc1ccccc1)CC(=O)OCc1ccccc1.O=C(NCCCC[C@H](NC(=O)OCc1ccccc1)C(=O)O)OCc1ccccc1.[HH].[HH]. The number of carbonyl (C=O) groups is 10. The maximum atomic E-state index is 13.5. The fourth-order valence-corrected chi connectivity index (χ4v) is 9.25. The van der Waals surface area contributed by atoms with Crippen LogP contribution in [-0.4, -0.2) is 124 Å². The van der Waals surface area contributed by atoms with E-state index in [0.717, 1.165) is 46.2 Å². The van der Waals surface area contributed by atoms with E-state index in [1.54, 1.807) is 12.1 Å². The fourth-order valence-electron chi connectivity index (χ4n) is 9.25. The first-order valence-corrected chi connectivity index (χ1v) is 33.4. The lowest BCUT2D eigenvalue weighted by atomic mass is 9.96. The number of benzene rings is 6. The number of unbranched alkanes of at least 4 members (excludes halogenated alkanes) is 4. The summed E-state index contributed by atoms with van der Waals surface area (Å²) in [5.41, 5.74) is 10.8. The Labute approximate surface area is 592 Å². The molecule has 6 amide bonds. The predicted molar refractivity (Wildman–Crippen MR) is 378 cm³/mol. The monoisotopic (exact) mass is 1400 g/mol. The number of hydrogen-bond acceptors (Lipinski definition) is 19. The zero-order chi connectivity index (χ0) is 72.9. The third-order valence-corrected chi connectivity index (χ3v) is 14.8. The van der Waals surface area contributed by atoms with Crippen molar-refractivity contribution in [2.45, 2.75) is 141 Å². The predicted octanol–water partition coefficient (Wildman–Crippen LogP) is 11.1. The van der Waals surface area contributed by atoms with Crippen LogP contribution in [0.5, 0.6) is 0 Å². The summed E-state index contributed by atoms with van der Waals surface area (Å²) in [7, 11) is 2.55. The van der Waals surface area contributed by atoms with Crippen molar-refractivity contribution in [1.82, 2.24) is 31.9 Å². The Balaban J connectivity index is 0.000000576. The summed E-state index contributed by atoms with van der Waals surface area (Å²) in [4.78, 5) is 120. The van der Waals surface area contributed by atoms with E-state index >= 15 is 0 Å². The van der Waals surface area contributed by atoms with Crippen LogP contribution in [0.4, 0.5) is 24.0 Å². The Hall–Kier alpha value is -11.0. The van der Waals surface area contributed by atoms with Gasteiger partial charge in [-0.25, -0.2) is 33.6 Å². The molecule has 548 valence electrons. The summed E-state index contributed by atoms with van der Waals surface area (Å²) < 4.78 is 40.5. The first-order chi connectivity index (χ1) is 49.0. The smallest absolute Gasteiger partial charge is 0.408 e. The van der Waals surface area contributed by atoms with Crippen molar-refractivity contribution < 1.29 is 93.8 Å². The number of amides is 6. The number of hydrogen-bond donors (Lipinski definition) is 8. The number of nitrogens with two attached hydrogens (primary N) is 1. The van der Waals surface area contributed by atoms with Gasteiger partial charge >= 0.3 is 54.3 Å². The van der Waals surface area contributed by atoms with Crippen molar-refractivity contribution in [2.75, 3.05) is 40.4 Å². The Morgan fingerprint density at radius 1 is 0.356 bits per heavy atom. The van der Waals surface area contributed by atoms with Gasteiger partial charge < -0.3 is 80.6 Å². The largest absolute Gasteiger partial charge is 0.480 e. The molecule has 0 radical (unpaired) electrons. The molecular formula is C75H99N7O19. The van der Waals surface area contributed by atoms with Crippen LogP contribution in [0.25, 0.3) is 0 Å². The fraction of sp³-hybridized carbons (Fsp3) is 0.387. The second-order valence-corrected chi connectivity index (χ2v) is 22.8. The molecule has 0 aliphatic carbocycles. The van der Waals surface area contributed by atoms with E-state index in [-0.39, 0.29) is 61.8 Å². The number of carboxylic acids is 1. The number of methoxy groups -OCH3 is 2. The van der Waals surface area contributed by atoms with Crippen LogP contribution < -0.4 is 37.6 Å². The molecular weight excluding hydrogens is 1300 g/mol. The number of carboxylic acid groups (broad SMARTS) is 1. The molecule has 4 atom stereocenters. The van der Waals surface area contributed by atoms with E-state index < -0.39 is 84.3 Å². The van der Waals surface area contributed by atoms with E-state index in [0.29, 0.717) is 77.5 Å². The highest BCUT2D eigenvalue weighted by molar-refractivity contribution is 5.88. The molecule has 0 spiro atoms. The number of carbonyl (C=O) groups excluding carboxylic acids is 9. The lowest BCUT2D eigenvalue weighted by Gasteiger charge is -2.21. The van der Waals surface area contributed by atoms with Crippen molar-refractivity contribution in [3.63, 3.8) is 0 Å². The van der Waals surface area contributed by atoms with Crippen LogP contribution in [0.1, 0.15) is 120 Å². The number of esters is 3. The Kier molecular flexibility index (Phi) is 41.8. The molecule has 26 nitrogen and oxygen atoms in total. The Bertz CT molecular complexity index is 3360. The molecule has 0 aromatic heterocycles. The molecule has 101 heavy (non-hydrogen) atoms. The minimum Gasteiger partial charge on any atom is -0.480 e. The van der Waals surface area contributed by atoms with Gasteiger partial charge in [0.15, 0.2) is 0 Å². The van der Waals surface area contributed by atoms with Crippen molar-refractivity contribution in [2.24, 2.45) is 11.7 Å². The number of aliphatic carboxylic acids is 1. The van der Waals surface area contributed by atoms with Gasteiger partial charge in [0, 0.05) is 35.0 Å². The van der Waals surface area contributed by atoms with Crippen molar-refractivity contribution in [3.05, 3.63) is 215 Å². The summed E-state index contributed by atoms with van der Waals surface area (Å²) in [5, 5.41) is 25.0. The summed E-state index contributed by atoms with van der Waals surface area (Å²) in [5.74, 6) is -3.97. The summed E-state index contributed by atoms with van der Waals surface area (Å²) in [6.07, 6.45) is 2.85. The average Bonchev–Trinajstić information content (AvgIpc) is 3.28. The molecule has 0 aliphatic rings. The van der Waals surface area contributed by atoms with Gasteiger partial charge in [0.25, 0.3) is 0 Å². The van der Waals surface area contributed by atoms with Gasteiger partial charge in [0.1, 0.15) is 57.8 Å². The summed E-state index contributed by atoms with van der Waals surface area (Å²) in [6.45, 7) is 2.34. The minimum atomic E-state index is -1.14. The molecule has 0 saturated carbocycles. The van der Waals surface area contributed by atoms with E-state index in [1.807, 2.05) is 170 Å². The van der Waals surface area contributed by atoms with Crippen molar-refractivity contribution >= 4 is 60.3 Å². The molecule has 26 heteroatoms. The lowest BCUT2D eigenvalue weighted by molar-refractivity contribution is -0.149. The van der Waals surface area contributed by atoms with Gasteiger partial charge in [-0.1, -0.05) is 188 Å². The van der Waals surface area contributed by atoms with Gasteiger partial charge in [-0.2, -0.15) is 0 Å². The van der Waals surface area contributed by atoms with Crippen molar-refractivity contribution in [1.29, 1.82) is 0 Å². The Morgan fingerprint density at radius 2 is 0.644 bits per heavy atom. The van der Waals surface area contributed by atoms with Crippen molar-refractivity contribution in [3.8, 4) is 0 Å². The molecule has 0 saturated heterocycles. The van der Waals surface area contributed by atoms with Crippen LogP contribution in [-0.2, 0) is 102 Å². The van der Waals surface area contributed by atoms with Gasteiger partial charge in [-0.05, 0) is 104 Å². The highest BCUT2D eigenvalue weighted by atomic mass is 16.6. The first kappa shape index (κ1) is 82.4. The standard InChI is InChI=1S/C38H47N3O9.C22H26N2O6.C15H22N2O4.2H2/c1-47-36(44)33(22-12-14-24-40-38(46)50-28-31-19-9-4-10-20-31)41-35(43)32(25-34(42)48-26-29-15-5-2-6-16-29)21-11-13-23-39-37(45)49-27-30-17-7-3-8-18-30;25-20(26)19(24-22(28)30-16-18-11-5-2-6-12-18)13-7-8-14-23-21(27)29-15-17-9-3-1-4-10-17;1-20-14(18)13(16)9-5-6-10-17-15(19)21-11-12-7-3-2-4-8-12;;/h2-10,15-20,32-33H,11-14,21-28H2,1H3,(H,39,45)(H,40,46)(H,41,43);1-6,9-12,19H,7-8,13-16H2,(H,23,27)(H,24,28)(H,25,26);2-4,7-8,13H,5-6,9-11,16H2,1H3,(H,17,19);2*1H/t32-,33+;19-;13-;;/m100../s1. The summed E-state index contributed by atoms with van der Waals surface area (Å²) >= 11 is 0. The van der Waals surface area contributed by atoms with Crippen LogP contribution in [0.3, 0.4) is 0 Å². The number of ether oxygens (including phenoxy) is 8. The van der Waals surface area contributed by atoms with E-state index in [1.165, 1.54) is 14.2 Å². The van der Waals surface area contributed by atoms with E-state index in [2.05, 4.69) is 36.6 Å². The quantitative estimate of drug-likeness (QED) is 0.0101. The molecule has 9 N–H and O–H groups in total. The minimum absolute atomic E-state index is 0. The normalized spacial score (nSPS) is 11.5. The van der Waals surface area contributed by atoms with Gasteiger partial charge in [0.05, 0.1) is 20.6 Å². The number of alkyl carbamates (subject to hydrolysis) is 5. The van der Waals surface area contributed by atoms with Crippen LogP contribution in [0.2, 0.25) is 0 Å². The van der Waals surface area contributed by atoms with Gasteiger partial charge in [0.2, 0.25) is 5.91 Å². The van der Waals surface area contributed by atoms with Crippen LogP contribution in [0.15, 0.2) is 182 Å². The van der Waals surface area contributed by atoms with E-state index in [4.69, 9.17) is 38.9 Å². The van der Waals surface area contributed by atoms with Crippen LogP contribution in [0, 0.1) is 5.92 Å². The van der Waals surface area contributed by atoms with Crippen LogP contribution >= 0.6 is 0 Å². The molecule has 6 rings (SSSR count). The maximum absolute atomic E-state index is 13.5. The summed E-state index contributed by atoms with van der Waals surface area (Å²) in [6, 6.07) is 53.1. The zero-order valence-corrected chi connectivity index (χ0v) is 57.3. The molecule has 0 heterocycles. The molecule has 0 unspecified atom stereocenters. The third kappa shape index (κ3) is 39.2. The van der Waals surface area contributed by atoms with Gasteiger partial charge in [-0.3, -0.25) is 14.4 Å². The molecule has 0 bridgehead atoms. The number of nitrogens with one attached hydrogen (secondary N) is 6. The van der Waals surface area contributed by atoms with Gasteiger partial charge in [-0.15, -0.1) is 0 Å². The lowest BCUT2D eigenvalue weighted by Crippen LogP contribution is -2.44. The van der Waals surface area contributed by atoms with E-state index in [9.17, 15) is 53.1 Å². The second kappa shape index (κ2) is 51.2. The topological polar surface area (TPSA) is 363 Å². The molecule has 0 aliphatic heterocycles. The highest BCUT2D eigenvalue weighted by Gasteiger charge is 2.28.